The van der Waals surface area contributed by atoms with Gasteiger partial charge >= 0.3 is 0 Å². The Balaban J connectivity index is 1.70. The minimum Gasteiger partial charge on any atom is -0.294 e. The Kier molecular flexibility index (Phi) is 4.58. The van der Waals surface area contributed by atoms with Gasteiger partial charge in [0.05, 0.1) is 16.7 Å². The molecule has 0 saturated carbocycles. The molecular formula is C31H24N2. The molecule has 2 heteroatoms. The third-order valence-corrected chi connectivity index (χ3v) is 6.29. The molecule has 158 valence electrons. The maximum atomic E-state index is 5.18. The molecule has 2 aromatic heterocycles. The van der Waals surface area contributed by atoms with Gasteiger partial charge in [0.15, 0.2) is 0 Å². The molecule has 0 spiro atoms. The molecule has 6 aromatic rings. The number of aryl methyl sites for hydroxylation is 2. The van der Waals surface area contributed by atoms with Crippen molar-refractivity contribution in [2.75, 3.05) is 0 Å². The van der Waals surface area contributed by atoms with E-state index in [1.807, 2.05) is 6.07 Å². The lowest BCUT2D eigenvalue weighted by Crippen LogP contribution is -2.00. The molecule has 0 fully saturated rings. The summed E-state index contributed by atoms with van der Waals surface area (Å²) in [6, 6.07) is 38.8. The highest BCUT2D eigenvalue weighted by molar-refractivity contribution is 6.09. The second-order valence-electron chi connectivity index (χ2n) is 8.71. The lowest BCUT2D eigenvalue weighted by atomic mass is 10.0. The molecule has 0 radical (unpaired) electrons. The van der Waals surface area contributed by atoms with Crippen LogP contribution in [0.2, 0.25) is 0 Å². The fraction of sp³-hybridized carbons (Fsp3) is 0.0645. The second kappa shape index (κ2) is 7.75. The predicted molar refractivity (Wildman–Crippen MR) is 139 cm³/mol. The van der Waals surface area contributed by atoms with E-state index in [9.17, 15) is 0 Å². The highest BCUT2D eigenvalue weighted by Gasteiger charge is 2.16. The maximum absolute atomic E-state index is 5.18. The van der Waals surface area contributed by atoms with Crippen molar-refractivity contribution in [2.45, 2.75) is 13.8 Å². The highest BCUT2D eigenvalue weighted by atomic mass is 15.1. The van der Waals surface area contributed by atoms with E-state index in [0.717, 1.165) is 22.6 Å². The smallest absolute Gasteiger partial charge is 0.138 e. The Hall–Kier alpha value is -4.17. The fourth-order valence-corrected chi connectivity index (χ4v) is 4.68. The molecule has 4 aromatic carbocycles. The van der Waals surface area contributed by atoms with Crippen LogP contribution in [0.4, 0.5) is 0 Å². The first kappa shape index (κ1) is 19.5. The van der Waals surface area contributed by atoms with Gasteiger partial charge in [0.25, 0.3) is 0 Å². The van der Waals surface area contributed by atoms with Gasteiger partial charge in [0.2, 0.25) is 0 Å². The standard InChI is InChI=1S/C31H24N2/c1-21-13-15-29-26(17-21)27-18-22(2)14-16-30(27)33(29)31-20-25(23-9-5-3-6-10-23)19-28(32-31)24-11-7-4-8-12-24/h3-20H,1-2H3. The molecule has 0 unspecified atom stereocenters. The summed E-state index contributed by atoms with van der Waals surface area (Å²) in [5.41, 5.74) is 9.32. The molecule has 33 heavy (non-hydrogen) atoms. The second-order valence-corrected chi connectivity index (χ2v) is 8.71. The van der Waals surface area contributed by atoms with E-state index in [4.69, 9.17) is 4.98 Å². The van der Waals surface area contributed by atoms with E-state index < -0.39 is 0 Å². The average molecular weight is 425 g/mol. The number of hydrogen-bond donors (Lipinski definition) is 0. The molecule has 2 nitrogen and oxygen atoms in total. The normalized spacial score (nSPS) is 11.3. The molecule has 0 bridgehead atoms. The van der Waals surface area contributed by atoms with Crippen molar-refractivity contribution < 1.29 is 0 Å². The average Bonchev–Trinajstić information content (AvgIpc) is 3.17. The first-order valence-electron chi connectivity index (χ1n) is 11.3. The molecule has 2 heterocycles. The van der Waals surface area contributed by atoms with E-state index in [1.54, 1.807) is 0 Å². The van der Waals surface area contributed by atoms with E-state index >= 15 is 0 Å². The van der Waals surface area contributed by atoms with E-state index in [0.29, 0.717) is 0 Å². The van der Waals surface area contributed by atoms with Crippen molar-refractivity contribution in [2.24, 2.45) is 0 Å². The first-order chi connectivity index (χ1) is 16.2. The number of aromatic nitrogens is 2. The third kappa shape index (κ3) is 3.41. The number of benzene rings is 4. The number of nitrogens with zero attached hydrogens (tertiary/aromatic N) is 2. The van der Waals surface area contributed by atoms with Crippen LogP contribution in [0.25, 0.3) is 50.0 Å². The lowest BCUT2D eigenvalue weighted by molar-refractivity contribution is 1.08. The molecule has 0 atom stereocenters. The van der Waals surface area contributed by atoms with Crippen LogP contribution < -0.4 is 0 Å². The molecule has 0 saturated heterocycles. The Labute approximate surface area is 193 Å². The predicted octanol–water partition coefficient (Wildman–Crippen LogP) is 8.13. The van der Waals surface area contributed by atoms with Crippen LogP contribution >= 0.6 is 0 Å². The molecule has 0 aliphatic carbocycles. The highest BCUT2D eigenvalue weighted by Crippen LogP contribution is 2.35. The van der Waals surface area contributed by atoms with Gasteiger partial charge in [-0.2, -0.15) is 0 Å². The summed E-state index contributed by atoms with van der Waals surface area (Å²) in [5, 5.41) is 2.53. The molecule has 0 N–H and O–H groups in total. The van der Waals surface area contributed by atoms with E-state index in [2.05, 4.69) is 122 Å². The number of pyridine rings is 1. The van der Waals surface area contributed by atoms with Gasteiger partial charge in [0, 0.05) is 16.3 Å². The zero-order chi connectivity index (χ0) is 22.4. The van der Waals surface area contributed by atoms with Gasteiger partial charge in [-0.3, -0.25) is 4.57 Å². The van der Waals surface area contributed by atoms with Crippen LogP contribution in [-0.2, 0) is 0 Å². The van der Waals surface area contributed by atoms with Crippen LogP contribution in [0.1, 0.15) is 11.1 Å². The number of fused-ring (bicyclic) bond motifs is 3. The van der Waals surface area contributed by atoms with Crippen LogP contribution in [0, 0.1) is 13.8 Å². The van der Waals surface area contributed by atoms with Gasteiger partial charge < -0.3 is 0 Å². The third-order valence-electron chi connectivity index (χ3n) is 6.29. The van der Waals surface area contributed by atoms with Crippen molar-refractivity contribution >= 4 is 21.8 Å². The fourth-order valence-electron chi connectivity index (χ4n) is 4.68. The SMILES string of the molecule is Cc1ccc2c(c1)c1cc(C)ccc1n2-c1cc(-c2ccccc2)cc(-c2ccccc2)n1. The van der Waals surface area contributed by atoms with Crippen LogP contribution in [-0.4, -0.2) is 9.55 Å². The van der Waals surface area contributed by atoms with E-state index in [-0.39, 0.29) is 0 Å². The summed E-state index contributed by atoms with van der Waals surface area (Å²) in [7, 11) is 0. The van der Waals surface area contributed by atoms with Crippen molar-refractivity contribution in [3.8, 4) is 28.2 Å². The Morgan fingerprint density at radius 1 is 0.515 bits per heavy atom. The maximum Gasteiger partial charge on any atom is 0.138 e. The zero-order valence-corrected chi connectivity index (χ0v) is 18.8. The first-order valence-corrected chi connectivity index (χ1v) is 11.3. The van der Waals surface area contributed by atoms with Gasteiger partial charge in [0.1, 0.15) is 5.82 Å². The minimum atomic E-state index is 0.933. The number of hydrogen-bond acceptors (Lipinski definition) is 1. The van der Waals surface area contributed by atoms with Crippen LogP contribution in [0.3, 0.4) is 0 Å². The van der Waals surface area contributed by atoms with Gasteiger partial charge in [-0.05, 0) is 61.4 Å². The molecule has 0 aliphatic heterocycles. The van der Waals surface area contributed by atoms with Gasteiger partial charge in [-0.1, -0.05) is 83.9 Å². The van der Waals surface area contributed by atoms with Crippen molar-refractivity contribution in [1.29, 1.82) is 0 Å². The molecule has 6 rings (SSSR count). The topological polar surface area (TPSA) is 17.8 Å². The van der Waals surface area contributed by atoms with Crippen LogP contribution in [0.5, 0.6) is 0 Å². The summed E-state index contributed by atoms with van der Waals surface area (Å²) in [6.07, 6.45) is 0. The van der Waals surface area contributed by atoms with Crippen molar-refractivity contribution in [1.82, 2.24) is 9.55 Å². The van der Waals surface area contributed by atoms with Gasteiger partial charge in [-0.15, -0.1) is 0 Å². The molecular weight excluding hydrogens is 400 g/mol. The van der Waals surface area contributed by atoms with Crippen LogP contribution in [0.15, 0.2) is 109 Å². The summed E-state index contributed by atoms with van der Waals surface area (Å²) in [5.74, 6) is 0.933. The summed E-state index contributed by atoms with van der Waals surface area (Å²) in [6.45, 7) is 4.31. The summed E-state index contributed by atoms with van der Waals surface area (Å²) >= 11 is 0. The number of rotatable bonds is 3. The summed E-state index contributed by atoms with van der Waals surface area (Å²) < 4.78 is 2.31. The van der Waals surface area contributed by atoms with E-state index in [1.165, 1.54) is 38.5 Å². The van der Waals surface area contributed by atoms with Crippen molar-refractivity contribution in [3.63, 3.8) is 0 Å². The zero-order valence-electron chi connectivity index (χ0n) is 18.8. The Bertz CT molecular complexity index is 1490. The Morgan fingerprint density at radius 2 is 1.06 bits per heavy atom. The van der Waals surface area contributed by atoms with Gasteiger partial charge in [-0.25, -0.2) is 4.98 Å². The lowest BCUT2D eigenvalue weighted by Gasteiger charge is -2.13. The monoisotopic (exact) mass is 424 g/mol. The Morgan fingerprint density at radius 3 is 1.64 bits per heavy atom. The largest absolute Gasteiger partial charge is 0.294 e. The molecule has 0 amide bonds. The molecule has 0 aliphatic rings. The van der Waals surface area contributed by atoms with Crippen molar-refractivity contribution in [3.05, 3.63) is 120 Å². The summed E-state index contributed by atoms with van der Waals surface area (Å²) in [4.78, 5) is 5.18. The minimum absolute atomic E-state index is 0.933. The quantitative estimate of drug-likeness (QED) is 0.280.